The summed E-state index contributed by atoms with van der Waals surface area (Å²) < 4.78 is 5.50. The molecule has 1 N–H and O–H groups in total. The van der Waals surface area contributed by atoms with E-state index < -0.39 is 0 Å². The number of nitrogens with one attached hydrogen (secondary N) is 1. The van der Waals surface area contributed by atoms with Crippen LogP contribution >= 0.6 is 11.8 Å². The maximum Gasteiger partial charge on any atom is 0.119 e. The Balaban J connectivity index is 2.02. The standard InChI is InChI=1S/C22H29NOS/c1-4-6-12-20-19(5-2)23-22(16-10-8-7-9-11-16)18-14-13-17(24-3)15-21(18)25-20/h7-11,13-15,19-20,22-23H,4-6,12H2,1-3H3. The molecule has 1 aliphatic rings. The summed E-state index contributed by atoms with van der Waals surface area (Å²) in [5.41, 5.74) is 2.71. The van der Waals surface area contributed by atoms with Crippen molar-refractivity contribution in [3.05, 3.63) is 59.7 Å². The number of fused-ring (bicyclic) bond motifs is 1. The van der Waals surface area contributed by atoms with Crippen molar-refractivity contribution in [2.45, 2.75) is 61.8 Å². The van der Waals surface area contributed by atoms with Crippen molar-refractivity contribution in [2.75, 3.05) is 7.11 Å². The molecule has 0 aliphatic carbocycles. The van der Waals surface area contributed by atoms with Gasteiger partial charge in [0.1, 0.15) is 5.75 Å². The third-order valence-electron chi connectivity index (χ3n) is 5.05. The lowest BCUT2D eigenvalue weighted by Gasteiger charge is -2.27. The smallest absolute Gasteiger partial charge is 0.119 e. The quantitative estimate of drug-likeness (QED) is 0.706. The molecule has 0 radical (unpaired) electrons. The molecule has 0 spiro atoms. The monoisotopic (exact) mass is 355 g/mol. The van der Waals surface area contributed by atoms with Gasteiger partial charge in [0.2, 0.25) is 0 Å². The zero-order valence-electron chi connectivity index (χ0n) is 15.5. The Bertz CT molecular complexity index is 673. The van der Waals surface area contributed by atoms with Crippen LogP contribution in [0.2, 0.25) is 0 Å². The zero-order chi connectivity index (χ0) is 17.6. The van der Waals surface area contributed by atoms with Gasteiger partial charge in [-0.1, -0.05) is 63.1 Å². The number of hydrogen-bond donors (Lipinski definition) is 1. The molecule has 0 bridgehead atoms. The van der Waals surface area contributed by atoms with Crippen molar-refractivity contribution in [2.24, 2.45) is 0 Å². The van der Waals surface area contributed by atoms with Crippen molar-refractivity contribution in [3.8, 4) is 5.75 Å². The largest absolute Gasteiger partial charge is 0.497 e. The van der Waals surface area contributed by atoms with Crippen LogP contribution in [0.4, 0.5) is 0 Å². The molecule has 0 saturated heterocycles. The van der Waals surface area contributed by atoms with Crippen LogP contribution < -0.4 is 10.1 Å². The number of methoxy groups -OCH3 is 1. The topological polar surface area (TPSA) is 21.3 Å². The Morgan fingerprint density at radius 3 is 2.56 bits per heavy atom. The summed E-state index contributed by atoms with van der Waals surface area (Å²) in [4.78, 5) is 1.36. The molecule has 2 nitrogen and oxygen atoms in total. The number of ether oxygens (including phenoxy) is 1. The van der Waals surface area contributed by atoms with Crippen LogP contribution in [0, 0.1) is 0 Å². The summed E-state index contributed by atoms with van der Waals surface area (Å²) in [5.74, 6) is 0.947. The third kappa shape index (κ3) is 4.21. The first-order valence-electron chi connectivity index (χ1n) is 9.42. The second kappa shape index (κ2) is 8.77. The molecule has 3 rings (SSSR count). The Morgan fingerprint density at radius 1 is 1.08 bits per heavy atom. The van der Waals surface area contributed by atoms with Crippen LogP contribution in [0.15, 0.2) is 53.4 Å². The van der Waals surface area contributed by atoms with Gasteiger partial charge in [-0.15, -0.1) is 11.8 Å². The first kappa shape index (κ1) is 18.3. The molecular formula is C22H29NOS. The summed E-state index contributed by atoms with van der Waals surface area (Å²) in [7, 11) is 1.75. The predicted molar refractivity (Wildman–Crippen MR) is 108 cm³/mol. The normalized spacial score (nSPS) is 22.9. The molecule has 0 fully saturated rings. The first-order valence-corrected chi connectivity index (χ1v) is 10.3. The van der Waals surface area contributed by atoms with Gasteiger partial charge >= 0.3 is 0 Å². The van der Waals surface area contributed by atoms with Crippen molar-refractivity contribution in [3.63, 3.8) is 0 Å². The molecule has 0 amide bonds. The number of benzene rings is 2. The molecule has 25 heavy (non-hydrogen) atoms. The maximum atomic E-state index is 5.50. The fourth-order valence-electron chi connectivity index (χ4n) is 3.61. The van der Waals surface area contributed by atoms with E-state index in [1.54, 1.807) is 7.11 Å². The van der Waals surface area contributed by atoms with Gasteiger partial charge in [0.15, 0.2) is 0 Å². The molecule has 1 heterocycles. The van der Waals surface area contributed by atoms with Crippen molar-refractivity contribution in [1.29, 1.82) is 0 Å². The molecule has 3 atom stereocenters. The average Bonchev–Trinajstić information content (AvgIpc) is 2.82. The Hall–Kier alpha value is -1.45. The van der Waals surface area contributed by atoms with E-state index >= 15 is 0 Å². The molecule has 134 valence electrons. The highest BCUT2D eigenvalue weighted by Gasteiger charge is 2.31. The predicted octanol–water partition coefficient (Wildman–Crippen LogP) is 5.82. The highest BCUT2D eigenvalue weighted by molar-refractivity contribution is 8.00. The molecule has 2 aromatic carbocycles. The van der Waals surface area contributed by atoms with Gasteiger partial charge in [-0.25, -0.2) is 0 Å². The minimum Gasteiger partial charge on any atom is -0.497 e. The molecule has 0 aromatic heterocycles. The Morgan fingerprint density at radius 2 is 1.88 bits per heavy atom. The highest BCUT2D eigenvalue weighted by atomic mass is 32.2. The second-order valence-corrected chi connectivity index (χ2v) is 8.01. The lowest BCUT2D eigenvalue weighted by Crippen LogP contribution is -2.38. The van der Waals surface area contributed by atoms with Crippen LogP contribution in [0.25, 0.3) is 0 Å². The number of hydrogen-bond acceptors (Lipinski definition) is 3. The van der Waals surface area contributed by atoms with Crippen molar-refractivity contribution in [1.82, 2.24) is 5.32 Å². The van der Waals surface area contributed by atoms with E-state index in [9.17, 15) is 0 Å². The van der Waals surface area contributed by atoms with E-state index in [1.165, 1.54) is 35.3 Å². The molecule has 3 heteroatoms. The van der Waals surface area contributed by atoms with E-state index in [1.807, 2.05) is 11.8 Å². The number of rotatable bonds is 6. The van der Waals surface area contributed by atoms with Gasteiger partial charge in [-0.3, -0.25) is 0 Å². The van der Waals surface area contributed by atoms with E-state index in [0.29, 0.717) is 11.3 Å². The van der Waals surface area contributed by atoms with E-state index in [2.05, 4.69) is 67.7 Å². The van der Waals surface area contributed by atoms with Gasteiger partial charge < -0.3 is 10.1 Å². The fraction of sp³-hybridized carbons (Fsp3) is 0.455. The minimum absolute atomic E-state index is 0.242. The van der Waals surface area contributed by atoms with Gasteiger partial charge in [0, 0.05) is 16.2 Å². The zero-order valence-corrected chi connectivity index (χ0v) is 16.3. The lowest BCUT2D eigenvalue weighted by atomic mass is 9.96. The van der Waals surface area contributed by atoms with Gasteiger partial charge in [0.05, 0.1) is 13.2 Å². The lowest BCUT2D eigenvalue weighted by molar-refractivity contribution is 0.412. The van der Waals surface area contributed by atoms with Gasteiger partial charge in [-0.05, 0) is 36.1 Å². The Kier molecular flexibility index (Phi) is 6.44. The number of unbranched alkanes of at least 4 members (excludes halogenated alkanes) is 1. The summed E-state index contributed by atoms with van der Waals surface area (Å²) >= 11 is 2.04. The van der Waals surface area contributed by atoms with E-state index in [0.717, 1.165) is 12.2 Å². The summed E-state index contributed by atoms with van der Waals surface area (Å²) in [6.45, 7) is 4.58. The summed E-state index contributed by atoms with van der Waals surface area (Å²) in [5, 5.41) is 4.57. The van der Waals surface area contributed by atoms with Crippen LogP contribution in [0.1, 0.15) is 56.7 Å². The second-order valence-electron chi connectivity index (χ2n) is 6.73. The van der Waals surface area contributed by atoms with Gasteiger partial charge in [0.25, 0.3) is 0 Å². The minimum atomic E-state index is 0.242. The average molecular weight is 356 g/mol. The van der Waals surface area contributed by atoms with E-state index in [4.69, 9.17) is 4.74 Å². The molecular weight excluding hydrogens is 326 g/mol. The molecule has 1 aliphatic heterocycles. The summed E-state index contributed by atoms with van der Waals surface area (Å²) in [6.07, 6.45) is 4.94. The number of thioether (sulfide) groups is 1. The van der Waals surface area contributed by atoms with Crippen molar-refractivity contribution < 1.29 is 4.74 Å². The molecule has 0 saturated carbocycles. The highest BCUT2D eigenvalue weighted by Crippen LogP contribution is 2.42. The van der Waals surface area contributed by atoms with Crippen LogP contribution in [-0.4, -0.2) is 18.4 Å². The fourth-order valence-corrected chi connectivity index (χ4v) is 5.16. The molecule has 3 unspecified atom stereocenters. The van der Waals surface area contributed by atoms with Gasteiger partial charge in [-0.2, -0.15) is 0 Å². The maximum absolute atomic E-state index is 5.50. The van der Waals surface area contributed by atoms with Crippen molar-refractivity contribution >= 4 is 11.8 Å². The third-order valence-corrected chi connectivity index (χ3v) is 6.53. The van der Waals surface area contributed by atoms with Crippen LogP contribution in [-0.2, 0) is 0 Å². The first-order chi connectivity index (χ1) is 12.3. The SMILES string of the molecule is CCCCC1Sc2cc(OC)ccc2C(c2ccccc2)NC1CC. The summed E-state index contributed by atoms with van der Waals surface area (Å²) in [6, 6.07) is 18.1. The molecule has 2 aromatic rings. The van der Waals surface area contributed by atoms with Crippen LogP contribution in [0.5, 0.6) is 5.75 Å². The van der Waals surface area contributed by atoms with E-state index in [-0.39, 0.29) is 6.04 Å². The Labute approximate surface area is 156 Å². The van der Waals surface area contributed by atoms with Crippen LogP contribution in [0.3, 0.4) is 0 Å².